The van der Waals surface area contributed by atoms with Gasteiger partial charge in [-0.2, -0.15) is 0 Å². The van der Waals surface area contributed by atoms with Crippen LogP contribution in [0, 0.1) is 0 Å². The van der Waals surface area contributed by atoms with Crippen molar-refractivity contribution < 1.29 is 5.11 Å². The summed E-state index contributed by atoms with van der Waals surface area (Å²) in [6.07, 6.45) is 4.92. The number of rotatable bonds is 2. The minimum Gasteiger partial charge on any atom is -0.391 e. The third kappa shape index (κ3) is 1.76. The normalized spacial score (nSPS) is 26.6. The number of halogens is 1. The molecule has 1 saturated carbocycles. The molecular formula is C9H11ClN2O. The maximum atomic E-state index is 9.34. The van der Waals surface area contributed by atoms with Crippen LogP contribution in [0.25, 0.3) is 0 Å². The van der Waals surface area contributed by atoms with Crippen molar-refractivity contribution in [1.82, 2.24) is 4.98 Å². The van der Waals surface area contributed by atoms with Crippen LogP contribution in [0.2, 0.25) is 5.02 Å². The maximum absolute atomic E-state index is 9.34. The molecule has 3 nitrogen and oxygen atoms in total. The minimum atomic E-state index is -0.232. The average Bonchev–Trinajstić information content (AvgIpc) is 2.14. The number of aliphatic hydroxyl groups excluding tert-OH is 1. The van der Waals surface area contributed by atoms with Gasteiger partial charge in [0.1, 0.15) is 0 Å². The molecule has 1 fully saturated rings. The number of hydrogen-bond acceptors (Lipinski definition) is 3. The average molecular weight is 199 g/mol. The molecule has 0 bridgehead atoms. The van der Waals surface area contributed by atoms with E-state index in [1.165, 1.54) is 0 Å². The van der Waals surface area contributed by atoms with E-state index in [0.717, 1.165) is 18.5 Å². The Bertz CT molecular complexity index is 305. The first-order chi connectivity index (χ1) is 6.27. The number of aromatic nitrogens is 1. The summed E-state index contributed by atoms with van der Waals surface area (Å²) >= 11 is 5.89. The van der Waals surface area contributed by atoms with E-state index in [-0.39, 0.29) is 12.1 Å². The van der Waals surface area contributed by atoms with Crippen molar-refractivity contribution in [2.24, 2.45) is 0 Å². The van der Waals surface area contributed by atoms with E-state index in [9.17, 15) is 5.11 Å². The molecule has 0 radical (unpaired) electrons. The van der Waals surface area contributed by atoms with Crippen LogP contribution in [-0.4, -0.2) is 22.2 Å². The molecule has 0 spiro atoms. The van der Waals surface area contributed by atoms with E-state index in [1.54, 1.807) is 12.4 Å². The van der Waals surface area contributed by atoms with Crippen molar-refractivity contribution >= 4 is 17.3 Å². The van der Waals surface area contributed by atoms with Gasteiger partial charge >= 0.3 is 0 Å². The molecule has 0 aromatic carbocycles. The van der Waals surface area contributed by atoms with E-state index in [2.05, 4.69) is 10.3 Å². The first-order valence-electron chi connectivity index (χ1n) is 4.31. The van der Waals surface area contributed by atoms with Crippen LogP contribution in [0.5, 0.6) is 0 Å². The predicted molar refractivity (Wildman–Crippen MR) is 51.9 cm³/mol. The van der Waals surface area contributed by atoms with Crippen molar-refractivity contribution in [2.45, 2.75) is 25.0 Å². The Morgan fingerprint density at radius 1 is 1.54 bits per heavy atom. The molecule has 2 rings (SSSR count). The quantitative estimate of drug-likeness (QED) is 0.760. The number of pyridine rings is 1. The van der Waals surface area contributed by atoms with Crippen molar-refractivity contribution in [2.75, 3.05) is 5.32 Å². The number of nitrogens with one attached hydrogen (secondary N) is 1. The number of anilines is 1. The monoisotopic (exact) mass is 198 g/mol. The fourth-order valence-corrected chi connectivity index (χ4v) is 1.52. The Balaban J connectivity index is 2.05. The molecule has 4 heteroatoms. The van der Waals surface area contributed by atoms with Gasteiger partial charge in [0.25, 0.3) is 0 Å². The summed E-state index contributed by atoms with van der Waals surface area (Å²) in [6, 6.07) is 1.97. The van der Waals surface area contributed by atoms with Crippen LogP contribution in [0.3, 0.4) is 0 Å². The summed E-state index contributed by atoms with van der Waals surface area (Å²) in [5.74, 6) is 0. The van der Waals surface area contributed by atoms with Crippen LogP contribution in [0.4, 0.5) is 5.69 Å². The van der Waals surface area contributed by atoms with Crippen LogP contribution < -0.4 is 5.32 Å². The van der Waals surface area contributed by atoms with E-state index in [1.807, 2.05) is 6.07 Å². The van der Waals surface area contributed by atoms with Gasteiger partial charge in [-0.25, -0.2) is 0 Å². The summed E-state index contributed by atoms with van der Waals surface area (Å²) in [6.45, 7) is 0. The van der Waals surface area contributed by atoms with Gasteiger partial charge in [-0.15, -0.1) is 0 Å². The Hall–Kier alpha value is -0.800. The second-order valence-corrected chi connectivity index (χ2v) is 3.66. The Morgan fingerprint density at radius 3 is 2.92 bits per heavy atom. The molecule has 1 aliphatic carbocycles. The first kappa shape index (κ1) is 8.78. The molecule has 1 aromatic heterocycles. The summed E-state index contributed by atoms with van der Waals surface area (Å²) in [7, 11) is 0. The van der Waals surface area contributed by atoms with Gasteiger partial charge in [0.05, 0.1) is 22.9 Å². The highest BCUT2D eigenvalue weighted by Gasteiger charge is 2.28. The predicted octanol–water partition coefficient (Wildman–Crippen LogP) is 1.67. The molecule has 2 atom stereocenters. The third-order valence-corrected chi connectivity index (χ3v) is 2.65. The SMILES string of the molecule is O[C@@H]1CC[C@H]1Nc1ccncc1Cl. The van der Waals surface area contributed by atoms with Crippen molar-refractivity contribution in [3.63, 3.8) is 0 Å². The molecule has 1 aromatic rings. The van der Waals surface area contributed by atoms with Crippen molar-refractivity contribution in [3.05, 3.63) is 23.5 Å². The molecule has 70 valence electrons. The molecule has 0 amide bonds. The fraction of sp³-hybridized carbons (Fsp3) is 0.444. The Kier molecular flexibility index (Phi) is 2.38. The van der Waals surface area contributed by atoms with E-state index in [0.29, 0.717) is 5.02 Å². The summed E-state index contributed by atoms with van der Waals surface area (Å²) in [4.78, 5) is 3.88. The lowest BCUT2D eigenvalue weighted by molar-refractivity contribution is 0.0786. The number of aliphatic hydroxyl groups is 1. The molecule has 0 saturated heterocycles. The van der Waals surface area contributed by atoms with Gasteiger partial charge in [0.15, 0.2) is 0 Å². The second kappa shape index (κ2) is 3.52. The highest BCUT2D eigenvalue weighted by Crippen LogP contribution is 2.27. The molecule has 2 N–H and O–H groups in total. The molecule has 0 aliphatic heterocycles. The summed E-state index contributed by atoms with van der Waals surface area (Å²) < 4.78 is 0. The van der Waals surface area contributed by atoms with Gasteiger partial charge in [-0.1, -0.05) is 11.6 Å². The van der Waals surface area contributed by atoms with Crippen LogP contribution in [0.15, 0.2) is 18.5 Å². The highest BCUT2D eigenvalue weighted by atomic mass is 35.5. The smallest absolute Gasteiger partial charge is 0.0820 e. The van der Waals surface area contributed by atoms with Crippen LogP contribution in [-0.2, 0) is 0 Å². The highest BCUT2D eigenvalue weighted by molar-refractivity contribution is 6.33. The van der Waals surface area contributed by atoms with E-state index in [4.69, 9.17) is 11.6 Å². The molecule has 1 aliphatic rings. The van der Waals surface area contributed by atoms with Gasteiger partial charge in [-0.3, -0.25) is 4.98 Å². The lowest BCUT2D eigenvalue weighted by Crippen LogP contribution is -2.42. The second-order valence-electron chi connectivity index (χ2n) is 3.25. The van der Waals surface area contributed by atoms with Crippen LogP contribution >= 0.6 is 11.6 Å². The first-order valence-corrected chi connectivity index (χ1v) is 4.69. The maximum Gasteiger partial charge on any atom is 0.0820 e. The summed E-state index contributed by atoms with van der Waals surface area (Å²) in [5, 5.41) is 13.1. The molecular weight excluding hydrogens is 188 g/mol. The van der Waals surface area contributed by atoms with Crippen molar-refractivity contribution in [3.8, 4) is 0 Å². The third-order valence-electron chi connectivity index (χ3n) is 2.35. The Labute approximate surface area is 81.8 Å². The Morgan fingerprint density at radius 2 is 2.38 bits per heavy atom. The lowest BCUT2D eigenvalue weighted by atomic mass is 9.89. The van der Waals surface area contributed by atoms with Crippen molar-refractivity contribution in [1.29, 1.82) is 0 Å². The number of hydrogen-bond donors (Lipinski definition) is 2. The molecule has 0 unspecified atom stereocenters. The van der Waals surface area contributed by atoms with E-state index >= 15 is 0 Å². The van der Waals surface area contributed by atoms with Gasteiger partial charge in [0, 0.05) is 12.4 Å². The lowest BCUT2D eigenvalue weighted by Gasteiger charge is -2.33. The summed E-state index contributed by atoms with van der Waals surface area (Å²) in [5.41, 5.74) is 0.848. The molecule has 1 heterocycles. The van der Waals surface area contributed by atoms with Crippen LogP contribution in [0.1, 0.15) is 12.8 Å². The van der Waals surface area contributed by atoms with Gasteiger partial charge < -0.3 is 10.4 Å². The standard InChI is InChI=1S/C9H11ClN2O/c10-6-5-11-4-3-7(6)12-8-1-2-9(8)13/h3-5,8-9,13H,1-2H2,(H,11,12)/t8-,9-/m1/s1. The van der Waals surface area contributed by atoms with E-state index < -0.39 is 0 Å². The topological polar surface area (TPSA) is 45.1 Å². The minimum absolute atomic E-state index is 0.153. The fourth-order valence-electron chi connectivity index (χ4n) is 1.34. The number of nitrogens with zero attached hydrogens (tertiary/aromatic N) is 1. The zero-order valence-corrected chi connectivity index (χ0v) is 7.83. The van der Waals surface area contributed by atoms with Gasteiger partial charge in [-0.05, 0) is 18.9 Å². The van der Waals surface area contributed by atoms with Gasteiger partial charge in [0.2, 0.25) is 0 Å². The molecule has 13 heavy (non-hydrogen) atoms. The largest absolute Gasteiger partial charge is 0.391 e. The zero-order chi connectivity index (χ0) is 9.26. The zero-order valence-electron chi connectivity index (χ0n) is 7.07.